The minimum absolute atomic E-state index is 0.0292. The Morgan fingerprint density at radius 1 is 1.43 bits per heavy atom. The second kappa shape index (κ2) is 7.95. The Morgan fingerprint density at radius 2 is 2.13 bits per heavy atom. The SMILES string of the molecule is CCNC(=O)NC1CN(C(C)c2ccc(C#N)cc2)C[C@@H]1OC. The van der Waals surface area contributed by atoms with Gasteiger partial charge >= 0.3 is 6.03 Å². The van der Waals surface area contributed by atoms with Crippen LogP contribution >= 0.6 is 0 Å². The Balaban J connectivity index is 2.02. The summed E-state index contributed by atoms with van der Waals surface area (Å²) in [7, 11) is 1.67. The van der Waals surface area contributed by atoms with E-state index in [4.69, 9.17) is 10.00 Å². The molecule has 1 saturated heterocycles. The van der Waals surface area contributed by atoms with Crippen LogP contribution in [-0.2, 0) is 4.74 Å². The highest BCUT2D eigenvalue weighted by Crippen LogP contribution is 2.26. The van der Waals surface area contributed by atoms with Crippen LogP contribution in [0.15, 0.2) is 24.3 Å². The van der Waals surface area contributed by atoms with Crippen molar-refractivity contribution in [3.8, 4) is 6.07 Å². The van der Waals surface area contributed by atoms with E-state index in [1.807, 2.05) is 31.2 Å². The van der Waals surface area contributed by atoms with Crippen LogP contribution in [-0.4, -0.2) is 49.8 Å². The zero-order valence-corrected chi connectivity index (χ0v) is 13.9. The summed E-state index contributed by atoms with van der Waals surface area (Å²) in [5.74, 6) is 0. The minimum atomic E-state index is -0.160. The van der Waals surface area contributed by atoms with Crippen molar-refractivity contribution >= 4 is 6.03 Å². The van der Waals surface area contributed by atoms with Crippen molar-refractivity contribution < 1.29 is 9.53 Å². The molecule has 0 spiro atoms. The molecule has 23 heavy (non-hydrogen) atoms. The average molecular weight is 316 g/mol. The van der Waals surface area contributed by atoms with E-state index in [1.165, 1.54) is 0 Å². The molecule has 2 rings (SSSR count). The molecule has 1 aliphatic heterocycles. The highest BCUT2D eigenvalue weighted by molar-refractivity contribution is 5.74. The molecule has 0 saturated carbocycles. The maximum Gasteiger partial charge on any atom is 0.315 e. The fraction of sp³-hybridized carbons (Fsp3) is 0.529. The van der Waals surface area contributed by atoms with Crippen molar-refractivity contribution in [1.29, 1.82) is 5.26 Å². The third-order valence-corrected chi connectivity index (χ3v) is 4.32. The predicted octanol–water partition coefficient (Wildman–Crippen LogP) is 1.64. The normalized spacial score (nSPS) is 22.3. The van der Waals surface area contributed by atoms with E-state index in [0.717, 1.165) is 18.7 Å². The predicted molar refractivity (Wildman–Crippen MR) is 87.9 cm³/mol. The van der Waals surface area contributed by atoms with Crippen molar-refractivity contribution in [2.45, 2.75) is 32.0 Å². The number of hydrogen-bond donors (Lipinski definition) is 2. The van der Waals surface area contributed by atoms with Gasteiger partial charge in [-0.2, -0.15) is 5.26 Å². The summed E-state index contributed by atoms with van der Waals surface area (Å²) in [4.78, 5) is 14.0. The number of nitriles is 1. The number of methoxy groups -OCH3 is 1. The summed E-state index contributed by atoms with van der Waals surface area (Å²) in [6, 6.07) is 9.76. The number of urea groups is 1. The first-order chi connectivity index (χ1) is 11.1. The van der Waals surface area contributed by atoms with E-state index < -0.39 is 0 Å². The Morgan fingerprint density at radius 3 is 2.70 bits per heavy atom. The number of amides is 2. The van der Waals surface area contributed by atoms with Gasteiger partial charge < -0.3 is 15.4 Å². The van der Waals surface area contributed by atoms with Gasteiger partial charge in [0.15, 0.2) is 0 Å². The lowest BCUT2D eigenvalue weighted by Crippen LogP contribution is -2.48. The zero-order chi connectivity index (χ0) is 16.8. The third-order valence-electron chi connectivity index (χ3n) is 4.32. The van der Waals surface area contributed by atoms with Gasteiger partial charge in [-0.15, -0.1) is 0 Å². The molecule has 6 heteroatoms. The molecule has 0 aliphatic carbocycles. The van der Waals surface area contributed by atoms with Gasteiger partial charge in [0.2, 0.25) is 0 Å². The number of nitrogens with one attached hydrogen (secondary N) is 2. The van der Waals surface area contributed by atoms with Crippen LogP contribution in [0.4, 0.5) is 4.79 Å². The van der Waals surface area contributed by atoms with E-state index >= 15 is 0 Å². The van der Waals surface area contributed by atoms with Crippen LogP contribution in [0.5, 0.6) is 0 Å². The monoisotopic (exact) mass is 316 g/mol. The number of carbonyl (C=O) groups is 1. The Kier molecular flexibility index (Phi) is 5.97. The fourth-order valence-electron chi connectivity index (χ4n) is 2.92. The van der Waals surface area contributed by atoms with Crippen LogP contribution in [0.25, 0.3) is 0 Å². The van der Waals surface area contributed by atoms with Crippen molar-refractivity contribution in [2.24, 2.45) is 0 Å². The van der Waals surface area contributed by atoms with Crippen molar-refractivity contribution in [2.75, 3.05) is 26.7 Å². The molecule has 0 bridgehead atoms. The summed E-state index contributed by atoms with van der Waals surface area (Å²) < 4.78 is 5.53. The van der Waals surface area contributed by atoms with E-state index in [0.29, 0.717) is 12.1 Å². The van der Waals surface area contributed by atoms with Crippen LogP contribution < -0.4 is 10.6 Å². The number of benzene rings is 1. The van der Waals surface area contributed by atoms with E-state index in [-0.39, 0.29) is 24.2 Å². The zero-order valence-electron chi connectivity index (χ0n) is 13.9. The molecule has 2 unspecified atom stereocenters. The van der Waals surface area contributed by atoms with Gasteiger partial charge in [0, 0.05) is 32.8 Å². The molecule has 1 aliphatic rings. The number of hydrogen-bond acceptors (Lipinski definition) is 4. The van der Waals surface area contributed by atoms with Crippen LogP contribution in [0, 0.1) is 11.3 Å². The van der Waals surface area contributed by atoms with Crippen LogP contribution in [0.1, 0.15) is 31.0 Å². The largest absolute Gasteiger partial charge is 0.378 e. The standard InChI is InChI=1S/C17H24N4O2/c1-4-19-17(22)20-15-10-21(11-16(15)23-3)12(2)14-7-5-13(9-18)6-8-14/h5-8,12,15-16H,4,10-11H2,1-3H3,(H2,19,20,22)/t12?,15?,16-/m0/s1. The summed E-state index contributed by atoms with van der Waals surface area (Å²) >= 11 is 0. The molecule has 2 N–H and O–H groups in total. The molecule has 0 aromatic heterocycles. The van der Waals surface area contributed by atoms with Gasteiger partial charge in [-0.25, -0.2) is 4.79 Å². The lowest BCUT2D eigenvalue weighted by atomic mass is 10.1. The maximum absolute atomic E-state index is 11.8. The third kappa shape index (κ3) is 4.21. The van der Waals surface area contributed by atoms with Crippen molar-refractivity contribution in [1.82, 2.24) is 15.5 Å². The molecular weight excluding hydrogens is 292 g/mol. The number of likely N-dealkylation sites (tertiary alicyclic amines) is 1. The molecule has 1 fully saturated rings. The molecule has 124 valence electrons. The van der Waals surface area contributed by atoms with Gasteiger partial charge in [0.1, 0.15) is 0 Å². The van der Waals surface area contributed by atoms with Crippen LogP contribution in [0.3, 0.4) is 0 Å². The molecule has 1 aromatic carbocycles. The van der Waals surface area contributed by atoms with E-state index in [1.54, 1.807) is 7.11 Å². The first-order valence-electron chi connectivity index (χ1n) is 7.90. The second-order valence-electron chi connectivity index (χ2n) is 5.75. The highest BCUT2D eigenvalue weighted by Gasteiger charge is 2.36. The second-order valence-corrected chi connectivity index (χ2v) is 5.75. The smallest absolute Gasteiger partial charge is 0.315 e. The average Bonchev–Trinajstić information content (AvgIpc) is 2.97. The van der Waals surface area contributed by atoms with Crippen LogP contribution in [0.2, 0.25) is 0 Å². The molecule has 2 amide bonds. The van der Waals surface area contributed by atoms with Gasteiger partial charge in [-0.05, 0) is 31.5 Å². The molecule has 3 atom stereocenters. The minimum Gasteiger partial charge on any atom is -0.378 e. The van der Waals surface area contributed by atoms with E-state index in [2.05, 4.69) is 28.5 Å². The summed E-state index contributed by atoms with van der Waals surface area (Å²) in [6.07, 6.45) is -0.0292. The number of rotatable bonds is 5. The van der Waals surface area contributed by atoms with Crippen molar-refractivity contribution in [3.05, 3.63) is 35.4 Å². The number of nitrogens with zero attached hydrogens (tertiary/aromatic N) is 2. The summed E-state index contributed by atoms with van der Waals surface area (Å²) in [5.41, 5.74) is 1.81. The first-order valence-corrected chi connectivity index (χ1v) is 7.90. The van der Waals surface area contributed by atoms with Crippen molar-refractivity contribution in [3.63, 3.8) is 0 Å². The summed E-state index contributed by atoms with van der Waals surface area (Å²) in [6.45, 7) is 6.11. The number of carbonyl (C=O) groups excluding carboxylic acids is 1. The van der Waals surface area contributed by atoms with E-state index in [9.17, 15) is 4.79 Å². The fourth-order valence-corrected chi connectivity index (χ4v) is 2.92. The molecule has 0 radical (unpaired) electrons. The van der Waals surface area contributed by atoms with Gasteiger partial charge in [0.05, 0.1) is 23.8 Å². The Bertz CT molecular complexity index is 567. The van der Waals surface area contributed by atoms with Gasteiger partial charge in [0.25, 0.3) is 0 Å². The molecule has 6 nitrogen and oxygen atoms in total. The maximum atomic E-state index is 11.8. The molecule has 1 aromatic rings. The highest BCUT2D eigenvalue weighted by atomic mass is 16.5. The quantitative estimate of drug-likeness (QED) is 0.866. The Hall–Kier alpha value is -2.10. The molecular formula is C17H24N4O2. The summed E-state index contributed by atoms with van der Waals surface area (Å²) in [5, 5.41) is 14.6. The molecule has 1 heterocycles. The first kappa shape index (κ1) is 17.3. The topological polar surface area (TPSA) is 77.4 Å². The number of ether oxygens (including phenoxy) is 1. The van der Waals surface area contributed by atoms with Gasteiger partial charge in [-0.3, -0.25) is 4.90 Å². The lowest BCUT2D eigenvalue weighted by Gasteiger charge is -2.24. The Labute approximate surface area is 137 Å². The lowest BCUT2D eigenvalue weighted by molar-refractivity contribution is 0.0882. The van der Waals surface area contributed by atoms with Gasteiger partial charge in [-0.1, -0.05) is 12.1 Å².